The van der Waals surface area contributed by atoms with Crippen LogP contribution in [0.4, 0.5) is 0 Å². The first-order valence-corrected chi connectivity index (χ1v) is 6.61. The van der Waals surface area contributed by atoms with Crippen LogP contribution in [0.25, 0.3) is 0 Å². The van der Waals surface area contributed by atoms with E-state index in [1.807, 2.05) is 13.8 Å². The predicted octanol–water partition coefficient (Wildman–Crippen LogP) is 1.13. The molecule has 0 unspecified atom stereocenters. The van der Waals surface area contributed by atoms with Gasteiger partial charge in [-0.3, -0.25) is 4.68 Å². The van der Waals surface area contributed by atoms with Crippen LogP contribution in [0.3, 0.4) is 0 Å². The Morgan fingerprint density at radius 1 is 1.50 bits per heavy atom. The standard InChI is InChI=1S/C9H12N6OS2/c1-4-6(7(10)13-16)8(15(3)12-4)17-9-11-5(2)14-18-9/h16H,1-3H3,(H2,10,13). The average molecular weight is 284 g/mol. The van der Waals surface area contributed by atoms with Crippen molar-refractivity contribution in [2.24, 2.45) is 17.9 Å². The first-order chi connectivity index (χ1) is 8.52. The van der Waals surface area contributed by atoms with E-state index in [2.05, 4.69) is 19.6 Å². The van der Waals surface area contributed by atoms with Crippen LogP contribution in [0.5, 0.6) is 0 Å². The molecular formula is C9H12N6OS2. The lowest BCUT2D eigenvalue weighted by molar-refractivity contribution is 0.318. The summed E-state index contributed by atoms with van der Waals surface area (Å²) in [5.41, 5.74) is 7.00. The second-order valence-corrected chi connectivity index (χ2v) is 5.57. The van der Waals surface area contributed by atoms with Crippen molar-refractivity contribution in [1.82, 2.24) is 19.1 Å². The van der Waals surface area contributed by atoms with Crippen LogP contribution in [0.1, 0.15) is 17.1 Å². The Kier molecular flexibility index (Phi) is 3.53. The fraction of sp³-hybridized carbons (Fsp3) is 0.333. The third-order valence-electron chi connectivity index (χ3n) is 2.23. The summed E-state index contributed by atoms with van der Waals surface area (Å²) in [5.74, 6) is 0.774. The highest BCUT2D eigenvalue weighted by atomic mass is 32.2. The normalized spacial score (nSPS) is 12.1. The SMILES string of the molecule is Cc1nsc(Sc2c(C(N)=NO)c(C)nn2C)n1. The second kappa shape index (κ2) is 4.94. The second-order valence-electron chi connectivity index (χ2n) is 3.58. The highest BCUT2D eigenvalue weighted by Gasteiger charge is 2.19. The Morgan fingerprint density at radius 2 is 2.22 bits per heavy atom. The summed E-state index contributed by atoms with van der Waals surface area (Å²) in [4.78, 5) is 4.27. The lowest BCUT2D eigenvalue weighted by Gasteiger charge is -2.02. The molecular weight excluding hydrogens is 272 g/mol. The van der Waals surface area contributed by atoms with Crippen molar-refractivity contribution >= 4 is 29.1 Å². The molecule has 2 aromatic rings. The molecule has 0 radical (unpaired) electrons. The lowest BCUT2D eigenvalue weighted by atomic mass is 10.2. The van der Waals surface area contributed by atoms with Crippen molar-refractivity contribution in [2.45, 2.75) is 23.2 Å². The van der Waals surface area contributed by atoms with Gasteiger partial charge < -0.3 is 10.9 Å². The van der Waals surface area contributed by atoms with Crippen molar-refractivity contribution in [2.75, 3.05) is 0 Å². The zero-order valence-electron chi connectivity index (χ0n) is 10.1. The molecule has 2 heterocycles. The summed E-state index contributed by atoms with van der Waals surface area (Å²) >= 11 is 2.71. The topological polar surface area (TPSA) is 102 Å². The molecule has 0 aliphatic rings. The number of amidine groups is 1. The summed E-state index contributed by atoms with van der Waals surface area (Å²) in [6.45, 7) is 3.64. The van der Waals surface area contributed by atoms with E-state index >= 15 is 0 Å². The number of nitrogens with two attached hydrogens (primary N) is 1. The number of aromatic nitrogens is 4. The molecule has 2 aromatic heterocycles. The van der Waals surface area contributed by atoms with Crippen LogP contribution in [-0.4, -0.2) is 30.2 Å². The van der Waals surface area contributed by atoms with E-state index < -0.39 is 0 Å². The molecule has 96 valence electrons. The number of rotatable bonds is 3. The van der Waals surface area contributed by atoms with Gasteiger partial charge in [0, 0.05) is 7.05 Å². The fourth-order valence-electron chi connectivity index (χ4n) is 1.50. The molecule has 7 nitrogen and oxygen atoms in total. The molecule has 0 aliphatic heterocycles. The highest BCUT2D eigenvalue weighted by Crippen LogP contribution is 2.32. The van der Waals surface area contributed by atoms with Gasteiger partial charge in [-0.15, -0.1) is 0 Å². The highest BCUT2D eigenvalue weighted by molar-refractivity contribution is 8.01. The molecule has 0 atom stereocenters. The van der Waals surface area contributed by atoms with E-state index in [4.69, 9.17) is 10.9 Å². The Balaban J connectivity index is 2.44. The number of hydrogen-bond donors (Lipinski definition) is 2. The van der Waals surface area contributed by atoms with Gasteiger partial charge in [-0.25, -0.2) is 4.98 Å². The maximum Gasteiger partial charge on any atom is 0.176 e. The van der Waals surface area contributed by atoms with Gasteiger partial charge in [-0.05, 0) is 37.1 Å². The van der Waals surface area contributed by atoms with E-state index in [0.717, 1.165) is 15.2 Å². The molecule has 9 heteroatoms. The minimum absolute atomic E-state index is 0.0457. The minimum atomic E-state index is 0.0457. The van der Waals surface area contributed by atoms with Crippen molar-refractivity contribution < 1.29 is 5.21 Å². The third kappa shape index (κ3) is 2.31. The maximum atomic E-state index is 8.81. The van der Waals surface area contributed by atoms with Crippen LogP contribution >= 0.6 is 23.3 Å². The summed E-state index contributed by atoms with van der Waals surface area (Å²) in [5, 5.41) is 16.9. The van der Waals surface area contributed by atoms with Crippen molar-refractivity contribution in [3.05, 3.63) is 17.1 Å². The Labute approximate surface area is 112 Å². The quantitative estimate of drug-likeness (QED) is 0.379. The van der Waals surface area contributed by atoms with Crippen molar-refractivity contribution in [3.8, 4) is 0 Å². The smallest absolute Gasteiger partial charge is 0.176 e. The number of oxime groups is 1. The molecule has 0 aliphatic carbocycles. The third-order valence-corrected chi connectivity index (χ3v) is 4.23. The van der Waals surface area contributed by atoms with E-state index in [1.54, 1.807) is 11.7 Å². The van der Waals surface area contributed by atoms with Crippen molar-refractivity contribution in [1.29, 1.82) is 0 Å². The molecule has 0 saturated heterocycles. The molecule has 0 fully saturated rings. The monoisotopic (exact) mass is 284 g/mol. The largest absolute Gasteiger partial charge is 0.409 e. The summed E-state index contributed by atoms with van der Waals surface area (Å²) in [6.07, 6.45) is 0. The van der Waals surface area contributed by atoms with Crippen LogP contribution in [0.2, 0.25) is 0 Å². The van der Waals surface area contributed by atoms with Gasteiger partial charge >= 0.3 is 0 Å². The summed E-state index contributed by atoms with van der Waals surface area (Å²) in [7, 11) is 1.80. The molecule has 0 amide bonds. The van der Waals surface area contributed by atoms with E-state index in [-0.39, 0.29) is 5.84 Å². The van der Waals surface area contributed by atoms with Gasteiger partial charge in [0.1, 0.15) is 10.9 Å². The molecule has 18 heavy (non-hydrogen) atoms. The zero-order chi connectivity index (χ0) is 13.3. The Bertz CT molecular complexity index is 602. The van der Waals surface area contributed by atoms with Crippen LogP contribution in [0.15, 0.2) is 14.5 Å². The molecule has 0 spiro atoms. The summed E-state index contributed by atoms with van der Waals surface area (Å²) in [6, 6.07) is 0. The fourth-order valence-corrected chi connectivity index (χ4v) is 3.29. The van der Waals surface area contributed by atoms with E-state index in [0.29, 0.717) is 11.3 Å². The number of hydrogen-bond acceptors (Lipinski definition) is 7. The van der Waals surface area contributed by atoms with Crippen LogP contribution in [-0.2, 0) is 7.05 Å². The number of aryl methyl sites for hydroxylation is 3. The van der Waals surface area contributed by atoms with Gasteiger partial charge in [-0.1, -0.05) is 5.16 Å². The maximum absolute atomic E-state index is 8.81. The van der Waals surface area contributed by atoms with Gasteiger partial charge in [0.25, 0.3) is 0 Å². The molecule has 0 aromatic carbocycles. The van der Waals surface area contributed by atoms with Crippen LogP contribution < -0.4 is 5.73 Å². The minimum Gasteiger partial charge on any atom is -0.409 e. The Hall–Kier alpha value is -1.61. The molecule has 0 saturated carbocycles. The average Bonchev–Trinajstić information content (AvgIpc) is 2.84. The Morgan fingerprint density at radius 3 is 2.78 bits per heavy atom. The molecule has 3 N–H and O–H groups in total. The van der Waals surface area contributed by atoms with Gasteiger partial charge in [0.05, 0.1) is 11.3 Å². The predicted molar refractivity (Wildman–Crippen MR) is 69.2 cm³/mol. The molecule has 2 rings (SSSR count). The van der Waals surface area contributed by atoms with Gasteiger partial charge in [-0.2, -0.15) is 9.47 Å². The van der Waals surface area contributed by atoms with E-state index in [1.165, 1.54) is 23.3 Å². The van der Waals surface area contributed by atoms with Crippen molar-refractivity contribution in [3.63, 3.8) is 0 Å². The van der Waals surface area contributed by atoms with E-state index in [9.17, 15) is 0 Å². The van der Waals surface area contributed by atoms with Crippen LogP contribution in [0, 0.1) is 13.8 Å². The first-order valence-electron chi connectivity index (χ1n) is 5.02. The first kappa shape index (κ1) is 12.8. The zero-order valence-corrected chi connectivity index (χ0v) is 11.7. The molecule has 0 bridgehead atoms. The lowest BCUT2D eigenvalue weighted by Crippen LogP contribution is -2.14. The summed E-state index contributed by atoms with van der Waals surface area (Å²) < 4.78 is 6.59. The van der Waals surface area contributed by atoms with Gasteiger partial charge in [0.2, 0.25) is 0 Å². The van der Waals surface area contributed by atoms with Gasteiger partial charge in [0.15, 0.2) is 10.2 Å². The number of nitrogens with zero attached hydrogens (tertiary/aromatic N) is 5.